The summed E-state index contributed by atoms with van der Waals surface area (Å²) >= 11 is 0. The molecule has 0 bridgehead atoms. The van der Waals surface area contributed by atoms with Crippen LogP contribution in [0.25, 0.3) is 11.0 Å². The largest absolute Gasteiger partial charge is 0.356 e. The Balaban J connectivity index is 0.000000528. The van der Waals surface area contributed by atoms with Crippen LogP contribution in [0.4, 0.5) is 5.82 Å². The van der Waals surface area contributed by atoms with Crippen molar-refractivity contribution in [2.45, 2.75) is 47.5 Å². The summed E-state index contributed by atoms with van der Waals surface area (Å²) in [5, 5.41) is 4.05. The first-order valence-corrected chi connectivity index (χ1v) is 9.50. The molecular formula is C19H31N5O. The number of aromatic nitrogens is 3. The molecule has 2 aliphatic heterocycles. The summed E-state index contributed by atoms with van der Waals surface area (Å²) in [5.74, 6) is 1.59. The van der Waals surface area contributed by atoms with Crippen molar-refractivity contribution in [2.75, 3.05) is 24.5 Å². The molecule has 2 atom stereocenters. The van der Waals surface area contributed by atoms with Crippen molar-refractivity contribution in [1.29, 1.82) is 0 Å². The van der Waals surface area contributed by atoms with Crippen molar-refractivity contribution in [3.63, 3.8) is 0 Å². The number of carbonyl (C=O) groups is 1. The van der Waals surface area contributed by atoms with Gasteiger partial charge in [0.25, 0.3) is 0 Å². The van der Waals surface area contributed by atoms with Crippen molar-refractivity contribution in [1.82, 2.24) is 20.3 Å². The molecule has 0 radical (unpaired) electrons. The maximum atomic E-state index is 12.4. The smallest absolute Gasteiger partial charge is 0.228 e. The van der Waals surface area contributed by atoms with E-state index in [4.69, 9.17) is 0 Å². The minimum Gasteiger partial charge on any atom is -0.356 e. The second-order valence-corrected chi connectivity index (χ2v) is 6.31. The molecule has 0 aromatic carbocycles. The van der Waals surface area contributed by atoms with E-state index >= 15 is 0 Å². The second-order valence-electron chi connectivity index (χ2n) is 6.31. The third-order valence-corrected chi connectivity index (χ3v) is 5.10. The molecule has 2 aliphatic rings. The molecule has 2 aromatic heterocycles. The number of H-pyrrole nitrogens is 1. The molecule has 2 fully saturated rings. The molecule has 1 amide bonds. The van der Waals surface area contributed by atoms with E-state index in [1.54, 1.807) is 6.33 Å². The van der Waals surface area contributed by atoms with Gasteiger partial charge in [0.1, 0.15) is 17.8 Å². The SMILES string of the molecule is CC.CC.CC12CN(c3ncnc4[nH]ccc34)CCC1CCNC2=O. The molecule has 6 heteroatoms. The van der Waals surface area contributed by atoms with E-state index in [-0.39, 0.29) is 11.3 Å². The summed E-state index contributed by atoms with van der Waals surface area (Å²) in [6.07, 6.45) is 5.59. The van der Waals surface area contributed by atoms with E-state index in [1.807, 2.05) is 40.0 Å². The Morgan fingerprint density at radius 2 is 1.96 bits per heavy atom. The predicted octanol–water partition coefficient (Wildman–Crippen LogP) is 3.36. The third kappa shape index (κ3) is 3.48. The highest BCUT2D eigenvalue weighted by molar-refractivity contribution is 5.89. The zero-order valence-corrected chi connectivity index (χ0v) is 16.1. The number of amides is 1. The van der Waals surface area contributed by atoms with Gasteiger partial charge in [0.15, 0.2) is 0 Å². The number of piperidine rings is 2. The van der Waals surface area contributed by atoms with Gasteiger partial charge in [-0.05, 0) is 31.7 Å². The molecule has 4 rings (SSSR count). The average Bonchev–Trinajstić information content (AvgIpc) is 3.14. The summed E-state index contributed by atoms with van der Waals surface area (Å²) in [7, 11) is 0. The van der Waals surface area contributed by atoms with Gasteiger partial charge in [-0.1, -0.05) is 27.7 Å². The number of nitrogens with one attached hydrogen (secondary N) is 2. The summed E-state index contributed by atoms with van der Waals surface area (Å²) < 4.78 is 0. The van der Waals surface area contributed by atoms with E-state index < -0.39 is 0 Å². The Labute approximate surface area is 150 Å². The molecular weight excluding hydrogens is 314 g/mol. The van der Waals surface area contributed by atoms with Gasteiger partial charge in [-0.3, -0.25) is 4.79 Å². The number of rotatable bonds is 1. The summed E-state index contributed by atoms with van der Waals surface area (Å²) in [6.45, 7) is 12.6. The second kappa shape index (κ2) is 8.32. The lowest BCUT2D eigenvalue weighted by Crippen LogP contribution is -2.59. The Hall–Kier alpha value is -2.11. The van der Waals surface area contributed by atoms with Crippen LogP contribution in [0.5, 0.6) is 0 Å². The number of carbonyl (C=O) groups excluding carboxylic acids is 1. The number of fused-ring (bicyclic) bond motifs is 2. The van der Waals surface area contributed by atoms with Gasteiger partial charge < -0.3 is 15.2 Å². The van der Waals surface area contributed by atoms with Crippen molar-refractivity contribution in [2.24, 2.45) is 11.3 Å². The molecule has 0 spiro atoms. The van der Waals surface area contributed by atoms with Crippen LogP contribution in [0, 0.1) is 11.3 Å². The highest BCUT2D eigenvalue weighted by Crippen LogP contribution is 2.41. The fraction of sp³-hybridized carbons (Fsp3) is 0.632. The maximum absolute atomic E-state index is 12.4. The number of anilines is 1. The minimum atomic E-state index is -0.315. The zero-order chi connectivity index (χ0) is 18.4. The summed E-state index contributed by atoms with van der Waals surface area (Å²) in [4.78, 5) is 26.4. The van der Waals surface area contributed by atoms with Gasteiger partial charge in [0, 0.05) is 25.8 Å². The number of hydrogen-bond donors (Lipinski definition) is 2. The Morgan fingerprint density at radius 3 is 2.72 bits per heavy atom. The Kier molecular flexibility index (Phi) is 6.39. The molecule has 138 valence electrons. The van der Waals surface area contributed by atoms with Gasteiger partial charge in [-0.15, -0.1) is 0 Å². The topological polar surface area (TPSA) is 73.9 Å². The molecule has 0 aliphatic carbocycles. The third-order valence-electron chi connectivity index (χ3n) is 5.10. The van der Waals surface area contributed by atoms with Gasteiger partial charge in [-0.2, -0.15) is 0 Å². The fourth-order valence-electron chi connectivity index (χ4n) is 3.81. The summed E-state index contributed by atoms with van der Waals surface area (Å²) in [5.41, 5.74) is 0.532. The van der Waals surface area contributed by atoms with Crippen LogP contribution in [-0.2, 0) is 4.79 Å². The van der Waals surface area contributed by atoms with Crippen LogP contribution in [0.15, 0.2) is 18.6 Å². The van der Waals surface area contributed by atoms with Crippen molar-refractivity contribution in [3.8, 4) is 0 Å². The lowest BCUT2D eigenvalue weighted by atomic mass is 9.68. The first-order valence-electron chi connectivity index (χ1n) is 9.50. The van der Waals surface area contributed by atoms with Crippen molar-refractivity contribution in [3.05, 3.63) is 18.6 Å². The molecule has 4 heterocycles. The molecule has 2 N–H and O–H groups in total. The van der Waals surface area contributed by atoms with Gasteiger partial charge in [0.2, 0.25) is 5.91 Å². The quantitative estimate of drug-likeness (QED) is 0.831. The molecule has 6 nitrogen and oxygen atoms in total. The first kappa shape index (κ1) is 19.2. The van der Waals surface area contributed by atoms with Gasteiger partial charge in [0.05, 0.1) is 10.8 Å². The molecule has 0 saturated carbocycles. The lowest BCUT2D eigenvalue weighted by Gasteiger charge is -2.48. The normalized spacial score (nSPS) is 25.1. The zero-order valence-electron chi connectivity index (χ0n) is 16.1. The fourth-order valence-corrected chi connectivity index (χ4v) is 3.81. The van der Waals surface area contributed by atoms with Crippen molar-refractivity contribution >= 4 is 22.8 Å². The standard InChI is InChI=1S/C15H19N5O.2C2H6/c1-15-8-20(7-4-10(15)2-5-17-14(15)21)13-11-3-6-16-12(11)18-9-19-13;2*1-2/h3,6,9-10H,2,4-5,7-8H2,1H3,(H,17,21)(H,16,18,19);2*1-2H3. The monoisotopic (exact) mass is 345 g/mol. The summed E-state index contributed by atoms with van der Waals surface area (Å²) in [6, 6.07) is 2.00. The van der Waals surface area contributed by atoms with Gasteiger partial charge in [-0.25, -0.2) is 9.97 Å². The first-order chi connectivity index (χ1) is 12.2. The highest BCUT2D eigenvalue weighted by Gasteiger charge is 2.47. The number of aromatic amines is 1. The van der Waals surface area contributed by atoms with E-state index in [2.05, 4.69) is 32.1 Å². The average molecular weight is 345 g/mol. The van der Waals surface area contributed by atoms with Crippen LogP contribution in [0.2, 0.25) is 0 Å². The maximum Gasteiger partial charge on any atom is 0.228 e. The number of hydrogen-bond acceptors (Lipinski definition) is 4. The molecule has 2 aromatic rings. The molecule has 25 heavy (non-hydrogen) atoms. The van der Waals surface area contributed by atoms with E-state index in [0.29, 0.717) is 5.92 Å². The Bertz CT molecular complexity index is 698. The molecule has 2 saturated heterocycles. The van der Waals surface area contributed by atoms with Crippen LogP contribution in [0.3, 0.4) is 0 Å². The van der Waals surface area contributed by atoms with E-state index in [1.165, 1.54) is 0 Å². The van der Waals surface area contributed by atoms with Crippen LogP contribution >= 0.6 is 0 Å². The number of nitrogens with zero attached hydrogens (tertiary/aromatic N) is 3. The van der Waals surface area contributed by atoms with E-state index in [0.717, 1.165) is 49.3 Å². The molecule has 2 unspecified atom stereocenters. The van der Waals surface area contributed by atoms with E-state index in [9.17, 15) is 4.79 Å². The minimum absolute atomic E-state index is 0.183. The van der Waals surface area contributed by atoms with Crippen LogP contribution in [-0.4, -0.2) is 40.5 Å². The van der Waals surface area contributed by atoms with Crippen LogP contribution in [0.1, 0.15) is 47.5 Å². The van der Waals surface area contributed by atoms with Crippen LogP contribution < -0.4 is 10.2 Å². The van der Waals surface area contributed by atoms with Crippen molar-refractivity contribution < 1.29 is 4.79 Å². The lowest BCUT2D eigenvalue weighted by molar-refractivity contribution is -0.136. The Morgan fingerprint density at radius 1 is 1.20 bits per heavy atom. The predicted molar refractivity (Wildman–Crippen MR) is 103 cm³/mol. The van der Waals surface area contributed by atoms with Gasteiger partial charge >= 0.3 is 0 Å². The highest BCUT2D eigenvalue weighted by atomic mass is 16.2.